The first-order valence-electron chi connectivity index (χ1n) is 8.62. The molecule has 2 unspecified atom stereocenters. The molecule has 0 spiro atoms. The molecule has 144 valence electrons. The van der Waals surface area contributed by atoms with Gasteiger partial charge in [0, 0.05) is 12.5 Å². The fraction of sp³-hybridized carbons (Fsp3) is 0.250. The largest absolute Gasteiger partial charge is 0.481 e. The number of esters is 1. The molecule has 3 aromatic rings. The Bertz CT molecular complexity index is 1070. The number of carboxylic acids is 1. The first kappa shape index (κ1) is 17.8. The minimum atomic E-state index is -0.929. The lowest BCUT2D eigenvalue weighted by Gasteiger charge is -2.14. The van der Waals surface area contributed by atoms with Gasteiger partial charge in [0.2, 0.25) is 18.8 Å². The van der Waals surface area contributed by atoms with Gasteiger partial charge in [0.1, 0.15) is 5.52 Å². The normalized spacial score (nSPS) is 14.6. The zero-order chi connectivity index (χ0) is 19.8. The molecule has 0 saturated carbocycles. The van der Waals surface area contributed by atoms with E-state index in [2.05, 4.69) is 4.98 Å². The second kappa shape index (κ2) is 6.88. The number of rotatable bonds is 5. The van der Waals surface area contributed by atoms with Crippen LogP contribution in [0.2, 0.25) is 0 Å². The van der Waals surface area contributed by atoms with Crippen molar-refractivity contribution < 1.29 is 33.3 Å². The van der Waals surface area contributed by atoms with Crippen LogP contribution in [-0.4, -0.2) is 28.8 Å². The molecule has 4 rings (SSSR count). The molecule has 1 aromatic heterocycles. The van der Waals surface area contributed by atoms with Crippen LogP contribution < -0.4 is 9.47 Å². The lowest BCUT2D eigenvalue weighted by Crippen LogP contribution is -2.10. The van der Waals surface area contributed by atoms with Crippen LogP contribution in [0.5, 0.6) is 11.5 Å². The van der Waals surface area contributed by atoms with Crippen molar-refractivity contribution in [2.45, 2.75) is 25.9 Å². The lowest BCUT2D eigenvalue weighted by atomic mass is 10.0. The zero-order valence-electron chi connectivity index (χ0n) is 15.2. The van der Waals surface area contributed by atoms with Gasteiger partial charge in [0.25, 0.3) is 0 Å². The number of nitrogens with zero attached hydrogens (tertiary/aromatic N) is 1. The third-order valence-corrected chi connectivity index (χ3v) is 4.51. The van der Waals surface area contributed by atoms with Gasteiger partial charge in [-0.15, -0.1) is 0 Å². The first-order chi connectivity index (χ1) is 13.4. The molecule has 0 saturated heterocycles. The van der Waals surface area contributed by atoms with Crippen LogP contribution in [0.15, 0.2) is 40.8 Å². The van der Waals surface area contributed by atoms with Crippen molar-refractivity contribution in [1.29, 1.82) is 0 Å². The Morgan fingerprint density at radius 3 is 2.61 bits per heavy atom. The summed E-state index contributed by atoms with van der Waals surface area (Å²) < 4.78 is 21.9. The summed E-state index contributed by atoms with van der Waals surface area (Å²) in [6, 6.07) is 10.2. The summed E-state index contributed by atoms with van der Waals surface area (Å²) in [6.07, 6.45) is -0.875. The highest BCUT2D eigenvalue weighted by Gasteiger charge is 2.26. The fourth-order valence-electron chi connectivity index (χ4n) is 2.99. The van der Waals surface area contributed by atoms with Gasteiger partial charge in [-0.05, 0) is 36.8 Å². The highest BCUT2D eigenvalue weighted by molar-refractivity contribution is 5.80. The number of fused-ring (bicyclic) bond motifs is 2. The number of ether oxygens (including phenoxy) is 3. The smallest absolute Gasteiger partial charge is 0.310 e. The predicted octanol–water partition coefficient (Wildman–Crippen LogP) is 3.40. The molecule has 8 nitrogen and oxygen atoms in total. The molecule has 8 heteroatoms. The van der Waals surface area contributed by atoms with Crippen LogP contribution in [0.4, 0.5) is 0 Å². The zero-order valence-corrected chi connectivity index (χ0v) is 15.2. The maximum absolute atomic E-state index is 11.7. The standard InChI is InChI=1S/C20H17NO7/c1-10(20(23)24)12-3-5-15-14(7-12)21-19(28-15)18(27-11(2)22)13-4-6-16-17(8-13)26-9-25-16/h3-8,10,18H,9H2,1-2H3,(H,23,24). The molecule has 2 heterocycles. The van der Waals surface area contributed by atoms with Gasteiger partial charge in [0.05, 0.1) is 5.92 Å². The number of benzene rings is 2. The number of hydrogen-bond acceptors (Lipinski definition) is 7. The van der Waals surface area contributed by atoms with E-state index in [9.17, 15) is 14.7 Å². The van der Waals surface area contributed by atoms with Crippen molar-refractivity contribution in [1.82, 2.24) is 4.98 Å². The van der Waals surface area contributed by atoms with Gasteiger partial charge >= 0.3 is 11.9 Å². The van der Waals surface area contributed by atoms with Gasteiger partial charge in [-0.3, -0.25) is 9.59 Å². The van der Waals surface area contributed by atoms with Crippen molar-refractivity contribution >= 4 is 23.0 Å². The number of carboxylic acid groups (broad SMARTS) is 1. The Morgan fingerprint density at radius 2 is 1.86 bits per heavy atom. The van der Waals surface area contributed by atoms with Crippen molar-refractivity contribution in [2.24, 2.45) is 0 Å². The van der Waals surface area contributed by atoms with E-state index >= 15 is 0 Å². The van der Waals surface area contributed by atoms with Crippen LogP contribution >= 0.6 is 0 Å². The average Bonchev–Trinajstić information content (AvgIpc) is 3.30. The molecule has 28 heavy (non-hydrogen) atoms. The van der Waals surface area contributed by atoms with E-state index in [1.54, 1.807) is 43.3 Å². The van der Waals surface area contributed by atoms with Crippen LogP contribution in [0.1, 0.15) is 42.9 Å². The van der Waals surface area contributed by atoms with E-state index in [0.717, 1.165) is 0 Å². The molecule has 1 N–H and O–H groups in total. The summed E-state index contributed by atoms with van der Waals surface area (Å²) in [4.78, 5) is 27.3. The summed E-state index contributed by atoms with van der Waals surface area (Å²) in [5.74, 6) is -0.767. The van der Waals surface area contributed by atoms with Crippen LogP contribution in [-0.2, 0) is 14.3 Å². The second-order valence-electron chi connectivity index (χ2n) is 6.44. The molecule has 1 aliphatic rings. The monoisotopic (exact) mass is 383 g/mol. The summed E-state index contributed by atoms with van der Waals surface area (Å²) in [7, 11) is 0. The Kier molecular flexibility index (Phi) is 4.38. The van der Waals surface area contributed by atoms with Gasteiger partial charge in [0.15, 0.2) is 17.1 Å². The van der Waals surface area contributed by atoms with Gasteiger partial charge < -0.3 is 23.7 Å². The minimum Gasteiger partial charge on any atom is -0.481 e. The Morgan fingerprint density at radius 1 is 1.11 bits per heavy atom. The second-order valence-corrected chi connectivity index (χ2v) is 6.44. The molecule has 2 atom stereocenters. The Hall–Kier alpha value is -3.55. The quantitative estimate of drug-likeness (QED) is 0.668. The number of hydrogen-bond donors (Lipinski definition) is 1. The SMILES string of the molecule is CC(=O)OC(c1ccc2c(c1)OCO2)c1nc2cc(C(C)C(=O)O)ccc2o1. The molecule has 0 amide bonds. The Balaban J connectivity index is 1.75. The maximum Gasteiger partial charge on any atom is 0.310 e. The van der Waals surface area contributed by atoms with E-state index in [4.69, 9.17) is 18.6 Å². The average molecular weight is 383 g/mol. The summed E-state index contributed by atoms with van der Waals surface area (Å²) >= 11 is 0. The predicted molar refractivity (Wildman–Crippen MR) is 96.2 cm³/mol. The van der Waals surface area contributed by atoms with Gasteiger partial charge in [-0.25, -0.2) is 4.98 Å². The lowest BCUT2D eigenvalue weighted by molar-refractivity contribution is -0.145. The van der Waals surface area contributed by atoms with Crippen LogP contribution in [0.3, 0.4) is 0 Å². The highest BCUT2D eigenvalue weighted by Crippen LogP contribution is 2.37. The number of carbonyl (C=O) groups excluding carboxylic acids is 1. The third-order valence-electron chi connectivity index (χ3n) is 4.51. The molecule has 0 fully saturated rings. The van der Waals surface area contributed by atoms with Crippen molar-refractivity contribution in [3.8, 4) is 11.5 Å². The fourth-order valence-corrected chi connectivity index (χ4v) is 2.99. The van der Waals surface area contributed by atoms with Crippen molar-refractivity contribution in [3.63, 3.8) is 0 Å². The summed E-state index contributed by atoms with van der Waals surface area (Å²) in [6.45, 7) is 3.03. The maximum atomic E-state index is 11.7. The molecule has 1 aliphatic heterocycles. The van der Waals surface area contributed by atoms with Crippen molar-refractivity contribution in [3.05, 3.63) is 53.4 Å². The molecule has 0 radical (unpaired) electrons. The Labute approximate surface area is 159 Å². The first-order valence-corrected chi connectivity index (χ1v) is 8.62. The number of aliphatic carboxylic acids is 1. The minimum absolute atomic E-state index is 0.129. The summed E-state index contributed by atoms with van der Waals surface area (Å²) in [5, 5.41) is 9.20. The topological polar surface area (TPSA) is 108 Å². The third kappa shape index (κ3) is 3.24. The molecular formula is C20H17NO7. The molecular weight excluding hydrogens is 366 g/mol. The van der Waals surface area contributed by atoms with E-state index in [0.29, 0.717) is 33.7 Å². The molecule has 0 bridgehead atoms. The van der Waals surface area contributed by atoms with Gasteiger partial charge in [-0.2, -0.15) is 0 Å². The van der Waals surface area contributed by atoms with E-state index in [1.165, 1.54) is 6.92 Å². The molecule has 0 aliphatic carbocycles. The molecule has 2 aromatic carbocycles. The van der Waals surface area contributed by atoms with Crippen molar-refractivity contribution in [2.75, 3.05) is 6.79 Å². The highest BCUT2D eigenvalue weighted by atomic mass is 16.7. The van der Waals surface area contributed by atoms with E-state index in [1.807, 2.05) is 0 Å². The number of oxazole rings is 1. The van der Waals surface area contributed by atoms with Crippen LogP contribution in [0.25, 0.3) is 11.1 Å². The van der Waals surface area contributed by atoms with Gasteiger partial charge in [-0.1, -0.05) is 12.1 Å². The van der Waals surface area contributed by atoms with E-state index < -0.39 is 24.0 Å². The number of carbonyl (C=O) groups is 2. The van der Waals surface area contributed by atoms with E-state index in [-0.39, 0.29) is 12.7 Å². The van der Waals surface area contributed by atoms with Crippen LogP contribution in [0, 0.1) is 0 Å². The summed E-state index contributed by atoms with van der Waals surface area (Å²) in [5.41, 5.74) is 2.17. The number of aromatic nitrogens is 1.